The van der Waals surface area contributed by atoms with Crippen molar-refractivity contribution >= 4 is 5.69 Å². The van der Waals surface area contributed by atoms with Gasteiger partial charge in [0.2, 0.25) is 5.88 Å². The molecule has 0 saturated heterocycles. The Morgan fingerprint density at radius 2 is 1.72 bits per heavy atom. The predicted octanol–water partition coefficient (Wildman–Crippen LogP) is 2.20. The fourth-order valence-corrected chi connectivity index (χ4v) is 1.32. The van der Waals surface area contributed by atoms with Gasteiger partial charge in [0, 0.05) is 6.20 Å². The number of hydrogen-bond acceptors (Lipinski definition) is 5. The predicted molar refractivity (Wildman–Crippen MR) is 64.6 cm³/mol. The smallest absolute Gasteiger partial charge is 0.242 e. The second kappa shape index (κ2) is 4.86. The van der Waals surface area contributed by atoms with E-state index in [9.17, 15) is 0 Å². The van der Waals surface area contributed by atoms with E-state index < -0.39 is 0 Å². The van der Waals surface area contributed by atoms with E-state index in [0.29, 0.717) is 22.6 Å². The van der Waals surface area contributed by atoms with Crippen LogP contribution in [-0.2, 0) is 0 Å². The van der Waals surface area contributed by atoms with Gasteiger partial charge in [-0.25, -0.2) is 4.98 Å². The first kappa shape index (κ1) is 11.4. The highest BCUT2D eigenvalue weighted by Gasteiger charge is 2.05. The number of hydrogen-bond donors (Lipinski definition) is 1. The maximum absolute atomic E-state index is 8.68. The molecule has 5 nitrogen and oxygen atoms in total. The van der Waals surface area contributed by atoms with Crippen molar-refractivity contribution in [1.29, 1.82) is 10.5 Å². The molecule has 0 bridgehead atoms. The molecule has 2 N–H and O–H groups in total. The Morgan fingerprint density at radius 3 is 2.28 bits per heavy atom. The molecule has 0 atom stereocenters. The molecule has 86 valence electrons. The van der Waals surface area contributed by atoms with Crippen LogP contribution in [0.25, 0.3) is 0 Å². The van der Waals surface area contributed by atoms with Crippen LogP contribution in [0.3, 0.4) is 0 Å². The molecule has 18 heavy (non-hydrogen) atoms. The monoisotopic (exact) mass is 236 g/mol. The van der Waals surface area contributed by atoms with E-state index in [1.54, 1.807) is 24.3 Å². The summed E-state index contributed by atoms with van der Waals surface area (Å²) in [5.41, 5.74) is 6.92. The van der Waals surface area contributed by atoms with E-state index in [1.807, 2.05) is 12.1 Å². The molecule has 0 amide bonds. The molecule has 0 aliphatic carbocycles. The Kier molecular flexibility index (Phi) is 3.08. The van der Waals surface area contributed by atoms with Crippen LogP contribution < -0.4 is 10.5 Å². The molecule has 0 unspecified atom stereocenters. The summed E-state index contributed by atoms with van der Waals surface area (Å²) in [6.07, 6.45) is 1.38. The molecule has 0 saturated carbocycles. The maximum Gasteiger partial charge on any atom is 0.242 e. The van der Waals surface area contributed by atoms with Gasteiger partial charge >= 0.3 is 0 Å². The third-order valence-electron chi connectivity index (χ3n) is 2.21. The van der Waals surface area contributed by atoms with Crippen LogP contribution in [0.4, 0.5) is 5.69 Å². The molecule has 0 spiro atoms. The second-order valence-electron chi connectivity index (χ2n) is 3.47. The normalized spacial score (nSPS) is 9.22. The minimum Gasteiger partial charge on any atom is -0.437 e. The van der Waals surface area contributed by atoms with E-state index in [-0.39, 0.29) is 5.88 Å². The molecule has 1 aromatic carbocycles. The lowest BCUT2D eigenvalue weighted by Gasteiger charge is -2.06. The van der Waals surface area contributed by atoms with E-state index >= 15 is 0 Å². The lowest BCUT2D eigenvalue weighted by atomic mass is 10.2. The third-order valence-corrected chi connectivity index (χ3v) is 2.21. The van der Waals surface area contributed by atoms with Crippen molar-refractivity contribution in [1.82, 2.24) is 4.98 Å². The molecule has 0 fully saturated rings. The van der Waals surface area contributed by atoms with Crippen molar-refractivity contribution in [2.45, 2.75) is 0 Å². The van der Waals surface area contributed by atoms with E-state index in [0.717, 1.165) is 0 Å². The summed E-state index contributed by atoms with van der Waals surface area (Å²) < 4.78 is 5.45. The van der Waals surface area contributed by atoms with Crippen LogP contribution in [0.15, 0.2) is 36.5 Å². The molecular weight excluding hydrogens is 228 g/mol. The van der Waals surface area contributed by atoms with Crippen molar-refractivity contribution in [2.75, 3.05) is 5.73 Å². The first-order valence-electron chi connectivity index (χ1n) is 5.06. The minimum absolute atomic E-state index is 0.235. The molecule has 1 aromatic heterocycles. The summed E-state index contributed by atoms with van der Waals surface area (Å²) in [7, 11) is 0. The van der Waals surface area contributed by atoms with Gasteiger partial charge in [0.25, 0.3) is 0 Å². The van der Waals surface area contributed by atoms with Gasteiger partial charge < -0.3 is 10.5 Å². The van der Waals surface area contributed by atoms with E-state index in [2.05, 4.69) is 4.98 Å². The van der Waals surface area contributed by atoms with Crippen molar-refractivity contribution in [3.05, 3.63) is 47.7 Å². The first-order valence-corrected chi connectivity index (χ1v) is 5.06. The van der Waals surface area contributed by atoms with Gasteiger partial charge in [0.15, 0.2) is 0 Å². The molecular formula is C13H8N4O. The summed E-state index contributed by atoms with van der Waals surface area (Å²) in [5.74, 6) is 0.761. The molecule has 1 heterocycles. The summed E-state index contributed by atoms with van der Waals surface area (Å²) in [4.78, 5) is 3.95. The van der Waals surface area contributed by atoms with Crippen LogP contribution in [-0.4, -0.2) is 4.98 Å². The SMILES string of the molecule is N#Cc1ccc(Oc2ncc(C#N)cc2N)cc1. The largest absolute Gasteiger partial charge is 0.437 e. The van der Waals surface area contributed by atoms with Gasteiger partial charge in [-0.2, -0.15) is 10.5 Å². The highest BCUT2D eigenvalue weighted by Crippen LogP contribution is 2.25. The Labute approximate surface area is 104 Å². The minimum atomic E-state index is 0.235. The second-order valence-corrected chi connectivity index (χ2v) is 3.47. The number of rotatable bonds is 2. The van der Waals surface area contributed by atoms with Crippen LogP contribution in [0.5, 0.6) is 11.6 Å². The van der Waals surface area contributed by atoms with E-state index in [4.69, 9.17) is 21.0 Å². The van der Waals surface area contributed by atoms with Crippen molar-refractivity contribution < 1.29 is 4.74 Å². The van der Waals surface area contributed by atoms with Crippen LogP contribution in [0.1, 0.15) is 11.1 Å². The Hall–Kier alpha value is -3.05. The standard InChI is InChI=1S/C13H8N4O/c14-6-9-1-3-11(4-2-9)18-13-12(16)5-10(7-15)8-17-13/h1-5,8H,16H2. The van der Waals surface area contributed by atoms with Crippen LogP contribution in [0.2, 0.25) is 0 Å². The summed E-state index contributed by atoms with van der Waals surface area (Å²) in [5, 5.41) is 17.3. The Morgan fingerprint density at radius 1 is 1.06 bits per heavy atom. The number of nitrogen functional groups attached to an aromatic ring is 1. The average molecular weight is 236 g/mol. The molecule has 2 rings (SSSR count). The fraction of sp³-hybridized carbons (Fsp3) is 0. The zero-order chi connectivity index (χ0) is 13.0. The first-order chi connectivity index (χ1) is 8.72. The molecule has 0 radical (unpaired) electrons. The third kappa shape index (κ3) is 2.37. The van der Waals surface area contributed by atoms with E-state index in [1.165, 1.54) is 12.3 Å². The van der Waals surface area contributed by atoms with Gasteiger partial charge in [0.1, 0.15) is 11.8 Å². The highest BCUT2D eigenvalue weighted by atomic mass is 16.5. The number of anilines is 1. The quantitative estimate of drug-likeness (QED) is 0.862. The van der Waals surface area contributed by atoms with Gasteiger partial charge in [-0.15, -0.1) is 0 Å². The lowest BCUT2D eigenvalue weighted by molar-refractivity contribution is 0.465. The zero-order valence-electron chi connectivity index (χ0n) is 9.29. The number of pyridine rings is 1. The van der Waals surface area contributed by atoms with Crippen molar-refractivity contribution in [3.8, 4) is 23.8 Å². The number of benzene rings is 1. The fourth-order valence-electron chi connectivity index (χ4n) is 1.32. The van der Waals surface area contributed by atoms with Gasteiger partial charge in [0.05, 0.1) is 22.9 Å². The molecule has 5 heteroatoms. The Bertz CT molecular complexity index is 650. The lowest BCUT2D eigenvalue weighted by Crippen LogP contribution is -1.96. The molecule has 2 aromatic rings. The maximum atomic E-state index is 8.68. The van der Waals surface area contributed by atoms with Crippen molar-refractivity contribution in [3.63, 3.8) is 0 Å². The number of ether oxygens (including phenoxy) is 1. The summed E-state index contributed by atoms with van der Waals surface area (Å²) >= 11 is 0. The Balaban J connectivity index is 2.24. The molecule has 0 aliphatic heterocycles. The molecule has 0 aliphatic rings. The van der Waals surface area contributed by atoms with Gasteiger partial charge in [-0.3, -0.25) is 0 Å². The number of nitrogens with two attached hydrogens (primary N) is 1. The van der Waals surface area contributed by atoms with Crippen molar-refractivity contribution in [2.24, 2.45) is 0 Å². The van der Waals surface area contributed by atoms with Crippen LogP contribution in [0, 0.1) is 22.7 Å². The highest BCUT2D eigenvalue weighted by molar-refractivity contribution is 5.53. The number of nitrogens with zero attached hydrogens (tertiary/aromatic N) is 3. The topological polar surface area (TPSA) is 95.7 Å². The summed E-state index contributed by atoms with van der Waals surface area (Å²) in [6.45, 7) is 0. The number of nitriles is 2. The summed E-state index contributed by atoms with van der Waals surface area (Å²) in [6, 6.07) is 12.0. The average Bonchev–Trinajstić information content (AvgIpc) is 2.42. The van der Waals surface area contributed by atoms with Crippen LogP contribution >= 0.6 is 0 Å². The van der Waals surface area contributed by atoms with Gasteiger partial charge in [-0.1, -0.05) is 0 Å². The van der Waals surface area contributed by atoms with Gasteiger partial charge in [-0.05, 0) is 30.3 Å². The zero-order valence-corrected chi connectivity index (χ0v) is 9.29. The number of aromatic nitrogens is 1.